The lowest BCUT2D eigenvalue weighted by molar-refractivity contribution is -0.145. The summed E-state index contributed by atoms with van der Waals surface area (Å²) >= 11 is 0. The van der Waals surface area contributed by atoms with E-state index in [4.69, 9.17) is 20.2 Å². The SMILES string of the molecule is COCCN(CC(N)=O)C(=O)CN(Cc1ccccc1)C(=O)CN(CCOc1cc(-c2ccccn2)nc(-c2ccccn2)c1)C(=O)CNCc1ccccc1. The van der Waals surface area contributed by atoms with Crippen LogP contribution in [0.3, 0.4) is 0 Å². The van der Waals surface area contributed by atoms with Gasteiger partial charge in [0.1, 0.15) is 18.9 Å². The van der Waals surface area contributed by atoms with Gasteiger partial charge in [0.25, 0.3) is 0 Å². The number of pyridine rings is 3. The van der Waals surface area contributed by atoms with Gasteiger partial charge in [-0.3, -0.25) is 29.1 Å². The van der Waals surface area contributed by atoms with E-state index in [9.17, 15) is 19.2 Å². The van der Waals surface area contributed by atoms with Gasteiger partial charge in [-0.1, -0.05) is 72.8 Å². The highest BCUT2D eigenvalue weighted by molar-refractivity contribution is 5.90. The summed E-state index contributed by atoms with van der Waals surface area (Å²) in [4.78, 5) is 71.0. The highest BCUT2D eigenvalue weighted by Gasteiger charge is 2.26. The van der Waals surface area contributed by atoms with E-state index in [1.165, 1.54) is 21.8 Å². The molecule has 0 aliphatic rings. The maximum Gasteiger partial charge on any atom is 0.242 e. The Bertz CT molecular complexity index is 1950. The maximum atomic E-state index is 14.1. The summed E-state index contributed by atoms with van der Waals surface area (Å²) in [7, 11) is 1.48. The first kappa shape index (κ1) is 40.7. The number of methoxy groups -OCH3 is 1. The maximum absolute atomic E-state index is 14.1. The molecule has 0 fully saturated rings. The van der Waals surface area contributed by atoms with Crippen molar-refractivity contribution in [2.75, 3.05) is 59.6 Å². The molecule has 0 radical (unpaired) electrons. The van der Waals surface area contributed by atoms with Crippen molar-refractivity contribution in [3.05, 3.63) is 133 Å². The summed E-state index contributed by atoms with van der Waals surface area (Å²) in [6.45, 7) is -0.159. The molecule has 3 aromatic heterocycles. The summed E-state index contributed by atoms with van der Waals surface area (Å²) < 4.78 is 11.4. The Morgan fingerprint density at radius 2 is 1.16 bits per heavy atom. The van der Waals surface area contributed by atoms with E-state index >= 15 is 0 Å². The van der Waals surface area contributed by atoms with Gasteiger partial charge in [0.2, 0.25) is 23.6 Å². The van der Waals surface area contributed by atoms with Gasteiger partial charge < -0.3 is 35.2 Å². The quantitative estimate of drug-likeness (QED) is 0.113. The van der Waals surface area contributed by atoms with Crippen molar-refractivity contribution in [2.45, 2.75) is 13.1 Å². The second-order valence-electron chi connectivity index (χ2n) is 12.8. The molecular formula is C42H46N8O6. The molecule has 14 heteroatoms. The standard InChI is InChI=1S/C42H46N8O6/c1-55-22-20-48(29-39(43)51)41(53)31-50(28-33-14-6-3-7-15-33)42(54)30-49(40(52)27-44-26-32-12-4-2-5-13-32)21-23-56-34-24-37(35-16-8-10-18-45-35)47-38(25-34)36-17-9-11-19-46-36/h2-19,24-25,44H,20-23,26-31H2,1H3,(H2,43,51). The molecular weight excluding hydrogens is 713 g/mol. The number of benzene rings is 2. The Labute approximate surface area is 326 Å². The third kappa shape index (κ3) is 12.8. The lowest BCUT2D eigenvalue weighted by atomic mass is 10.2. The molecule has 56 heavy (non-hydrogen) atoms. The second kappa shape index (κ2) is 21.4. The monoisotopic (exact) mass is 758 g/mol. The zero-order chi connectivity index (χ0) is 39.5. The van der Waals surface area contributed by atoms with Crippen LogP contribution in [-0.4, -0.2) is 113 Å². The number of nitrogens with zero attached hydrogens (tertiary/aromatic N) is 6. The molecule has 290 valence electrons. The van der Waals surface area contributed by atoms with Crippen molar-refractivity contribution in [2.24, 2.45) is 5.73 Å². The minimum Gasteiger partial charge on any atom is -0.492 e. The van der Waals surface area contributed by atoms with Gasteiger partial charge >= 0.3 is 0 Å². The first-order valence-electron chi connectivity index (χ1n) is 18.2. The number of amides is 4. The first-order chi connectivity index (χ1) is 27.3. The van der Waals surface area contributed by atoms with Crippen LogP contribution >= 0.6 is 0 Å². The van der Waals surface area contributed by atoms with Crippen LogP contribution in [0, 0.1) is 0 Å². The number of ether oxygens (including phenoxy) is 2. The van der Waals surface area contributed by atoms with Crippen molar-refractivity contribution in [3.8, 4) is 28.5 Å². The van der Waals surface area contributed by atoms with Crippen molar-refractivity contribution >= 4 is 23.6 Å². The zero-order valence-electron chi connectivity index (χ0n) is 31.3. The van der Waals surface area contributed by atoms with E-state index in [0.717, 1.165) is 11.1 Å². The Morgan fingerprint density at radius 3 is 1.73 bits per heavy atom. The van der Waals surface area contributed by atoms with E-state index in [1.54, 1.807) is 24.5 Å². The summed E-state index contributed by atoms with van der Waals surface area (Å²) in [5, 5.41) is 3.17. The van der Waals surface area contributed by atoms with Crippen LogP contribution in [0.25, 0.3) is 22.8 Å². The molecule has 2 aromatic carbocycles. The molecule has 0 unspecified atom stereocenters. The third-order valence-electron chi connectivity index (χ3n) is 8.57. The predicted molar refractivity (Wildman–Crippen MR) is 210 cm³/mol. The lowest BCUT2D eigenvalue weighted by Gasteiger charge is -2.30. The number of primary amides is 1. The number of nitrogens with two attached hydrogens (primary N) is 1. The van der Waals surface area contributed by atoms with Crippen LogP contribution in [0.2, 0.25) is 0 Å². The molecule has 3 N–H and O–H groups in total. The van der Waals surface area contributed by atoms with Crippen LogP contribution < -0.4 is 15.8 Å². The largest absolute Gasteiger partial charge is 0.492 e. The number of nitrogens with one attached hydrogen (secondary N) is 1. The summed E-state index contributed by atoms with van der Waals surface area (Å²) in [5.74, 6) is -1.51. The highest BCUT2D eigenvalue weighted by atomic mass is 16.5. The molecule has 5 rings (SSSR count). The van der Waals surface area contributed by atoms with Crippen molar-refractivity contribution in [1.82, 2.24) is 35.0 Å². The Balaban J connectivity index is 1.36. The fourth-order valence-electron chi connectivity index (χ4n) is 5.71. The van der Waals surface area contributed by atoms with Crippen LogP contribution in [0.5, 0.6) is 5.75 Å². The highest BCUT2D eigenvalue weighted by Crippen LogP contribution is 2.26. The average molecular weight is 759 g/mol. The van der Waals surface area contributed by atoms with Gasteiger partial charge in [0.15, 0.2) is 0 Å². The van der Waals surface area contributed by atoms with E-state index in [-0.39, 0.29) is 64.9 Å². The van der Waals surface area contributed by atoms with Gasteiger partial charge in [0.05, 0.1) is 55.6 Å². The smallest absolute Gasteiger partial charge is 0.242 e. The van der Waals surface area contributed by atoms with Gasteiger partial charge in [-0.05, 0) is 35.4 Å². The first-order valence-corrected chi connectivity index (χ1v) is 18.2. The van der Waals surface area contributed by atoms with Crippen LogP contribution in [0.15, 0.2) is 122 Å². The van der Waals surface area contributed by atoms with Gasteiger partial charge in [-0.15, -0.1) is 0 Å². The molecule has 0 spiro atoms. The summed E-state index contributed by atoms with van der Waals surface area (Å²) in [6, 6.07) is 33.5. The molecule has 0 saturated heterocycles. The molecule has 3 heterocycles. The normalized spacial score (nSPS) is 10.7. The van der Waals surface area contributed by atoms with Gasteiger partial charge in [-0.25, -0.2) is 4.98 Å². The topological polar surface area (TPSA) is 173 Å². The molecule has 0 bridgehead atoms. The van der Waals surface area contributed by atoms with Crippen LogP contribution in [-0.2, 0) is 37.0 Å². The third-order valence-corrected chi connectivity index (χ3v) is 8.57. The van der Waals surface area contributed by atoms with Gasteiger partial charge in [0, 0.05) is 51.3 Å². The van der Waals surface area contributed by atoms with E-state index in [2.05, 4.69) is 15.3 Å². The number of carbonyl (C=O) groups excluding carboxylic acids is 4. The molecule has 0 aliphatic carbocycles. The lowest BCUT2D eigenvalue weighted by Crippen LogP contribution is -2.50. The minimum absolute atomic E-state index is 0.0338. The Hall–Kier alpha value is -6.51. The van der Waals surface area contributed by atoms with Gasteiger partial charge in [-0.2, -0.15) is 0 Å². The number of rotatable bonds is 21. The molecule has 0 saturated carbocycles. The zero-order valence-corrected chi connectivity index (χ0v) is 31.3. The summed E-state index contributed by atoms with van der Waals surface area (Å²) in [5.41, 5.74) is 9.66. The number of hydrogen-bond acceptors (Lipinski definition) is 10. The fraction of sp³-hybridized carbons (Fsp3) is 0.262. The molecule has 4 amide bonds. The average Bonchev–Trinajstić information content (AvgIpc) is 3.22. The van der Waals surface area contributed by atoms with Crippen LogP contribution in [0.4, 0.5) is 0 Å². The van der Waals surface area contributed by atoms with E-state index in [1.807, 2.05) is 97.1 Å². The Kier molecular flexibility index (Phi) is 15.5. The number of aromatic nitrogens is 3. The number of hydrogen-bond donors (Lipinski definition) is 2. The van der Waals surface area contributed by atoms with Crippen molar-refractivity contribution < 1.29 is 28.7 Å². The fourth-order valence-corrected chi connectivity index (χ4v) is 5.71. The molecule has 14 nitrogen and oxygen atoms in total. The number of carbonyl (C=O) groups is 4. The molecule has 0 atom stereocenters. The predicted octanol–water partition coefficient (Wildman–Crippen LogP) is 3.19. The van der Waals surface area contributed by atoms with Crippen molar-refractivity contribution in [1.29, 1.82) is 0 Å². The molecule has 5 aromatic rings. The minimum atomic E-state index is -0.691. The Morgan fingerprint density at radius 1 is 0.625 bits per heavy atom. The molecule has 0 aliphatic heterocycles. The summed E-state index contributed by atoms with van der Waals surface area (Å²) in [6.07, 6.45) is 3.36. The van der Waals surface area contributed by atoms with E-state index < -0.39 is 17.7 Å². The van der Waals surface area contributed by atoms with E-state index in [0.29, 0.717) is 35.1 Å². The van der Waals surface area contributed by atoms with Crippen LogP contribution in [0.1, 0.15) is 11.1 Å². The second-order valence-corrected chi connectivity index (χ2v) is 12.8. The van der Waals surface area contributed by atoms with Crippen molar-refractivity contribution in [3.63, 3.8) is 0 Å².